The van der Waals surface area contributed by atoms with E-state index in [0.717, 1.165) is 0 Å². The molecular formula is C11H6ClNO3S. The van der Waals surface area contributed by atoms with Gasteiger partial charge in [0.25, 0.3) is 15.0 Å². The van der Waals surface area contributed by atoms with Crippen LogP contribution >= 0.6 is 10.7 Å². The Bertz CT molecular complexity index is 768. The molecular weight excluding hydrogens is 262 g/mol. The molecule has 4 nitrogen and oxygen atoms in total. The van der Waals surface area contributed by atoms with E-state index in [2.05, 4.69) is 5.32 Å². The molecule has 2 aromatic rings. The molecule has 17 heavy (non-hydrogen) atoms. The highest BCUT2D eigenvalue weighted by atomic mass is 35.7. The van der Waals surface area contributed by atoms with Crippen LogP contribution in [0, 0.1) is 0 Å². The lowest BCUT2D eigenvalue weighted by molar-refractivity contribution is 0.103. The lowest BCUT2D eigenvalue weighted by Crippen LogP contribution is -2.03. The van der Waals surface area contributed by atoms with Gasteiger partial charge in [-0.1, -0.05) is 12.1 Å². The average molecular weight is 268 g/mol. The van der Waals surface area contributed by atoms with Crippen LogP contribution in [0.25, 0.3) is 10.8 Å². The SMILES string of the molecule is O=C1Nc2cccc3c(S(=O)(=O)Cl)ccc1c23. The Balaban J connectivity index is 2.54. The van der Waals surface area contributed by atoms with E-state index in [1.54, 1.807) is 18.2 Å². The predicted molar refractivity (Wildman–Crippen MR) is 64.9 cm³/mol. The van der Waals surface area contributed by atoms with Crippen LogP contribution in [0.2, 0.25) is 0 Å². The summed E-state index contributed by atoms with van der Waals surface area (Å²) in [6.07, 6.45) is 0. The van der Waals surface area contributed by atoms with Crippen molar-refractivity contribution in [2.24, 2.45) is 0 Å². The van der Waals surface area contributed by atoms with Crippen molar-refractivity contribution in [1.29, 1.82) is 0 Å². The average Bonchev–Trinajstić information content (AvgIpc) is 2.57. The molecule has 3 rings (SSSR count). The van der Waals surface area contributed by atoms with Gasteiger partial charge in [0.05, 0.1) is 4.90 Å². The molecule has 0 saturated heterocycles. The number of hydrogen-bond donors (Lipinski definition) is 1. The van der Waals surface area contributed by atoms with Crippen LogP contribution in [0.3, 0.4) is 0 Å². The summed E-state index contributed by atoms with van der Waals surface area (Å²) in [7, 11) is 1.55. The maximum Gasteiger partial charge on any atom is 0.261 e. The van der Waals surface area contributed by atoms with Crippen LogP contribution in [0.5, 0.6) is 0 Å². The van der Waals surface area contributed by atoms with Crippen LogP contribution in [0.15, 0.2) is 35.2 Å². The molecule has 1 N–H and O–H groups in total. The summed E-state index contributed by atoms with van der Waals surface area (Å²) in [5.41, 5.74) is 1.09. The zero-order chi connectivity index (χ0) is 12.2. The third-order valence-corrected chi connectivity index (χ3v) is 4.14. The highest BCUT2D eigenvalue weighted by Crippen LogP contribution is 2.37. The molecule has 6 heteroatoms. The van der Waals surface area contributed by atoms with Crippen molar-refractivity contribution >= 4 is 42.1 Å². The number of carbonyl (C=O) groups is 1. The van der Waals surface area contributed by atoms with Gasteiger partial charge < -0.3 is 5.32 Å². The van der Waals surface area contributed by atoms with Gasteiger partial charge in [-0.25, -0.2) is 8.42 Å². The third kappa shape index (κ3) is 1.43. The fourth-order valence-corrected chi connectivity index (χ4v) is 3.14. The van der Waals surface area contributed by atoms with Crippen molar-refractivity contribution in [1.82, 2.24) is 0 Å². The molecule has 1 aliphatic rings. The molecule has 0 aliphatic carbocycles. The summed E-state index contributed by atoms with van der Waals surface area (Å²) in [6.45, 7) is 0. The van der Waals surface area contributed by atoms with E-state index in [1.807, 2.05) is 0 Å². The van der Waals surface area contributed by atoms with Crippen molar-refractivity contribution in [3.05, 3.63) is 35.9 Å². The Morgan fingerprint density at radius 3 is 2.59 bits per heavy atom. The van der Waals surface area contributed by atoms with Crippen molar-refractivity contribution in [3.63, 3.8) is 0 Å². The van der Waals surface area contributed by atoms with Crippen LogP contribution < -0.4 is 5.32 Å². The van der Waals surface area contributed by atoms with E-state index < -0.39 is 9.05 Å². The van der Waals surface area contributed by atoms with Crippen molar-refractivity contribution in [3.8, 4) is 0 Å². The summed E-state index contributed by atoms with van der Waals surface area (Å²) in [4.78, 5) is 11.6. The molecule has 0 spiro atoms. The predicted octanol–water partition coefficient (Wildman–Crippen LogP) is 2.33. The van der Waals surface area contributed by atoms with Crippen LogP contribution in [-0.4, -0.2) is 14.3 Å². The lowest BCUT2D eigenvalue weighted by Gasteiger charge is -2.04. The van der Waals surface area contributed by atoms with Crippen LogP contribution in [0.4, 0.5) is 5.69 Å². The molecule has 0 bridgehead atoms. The number of benzene rings is 2. The smallest absolute Gasteiger partial charge is 0.261 e. The Morgan fingerprint density at radius 1 is 1.12 bits per heavy atom. The molecule has 0 atom stereocenters. The van der Waals surface area contributed by atoms with Crippen LogP contribution in [-0.2, 0) is 9.05 Å². The quantitative estimate of drug-likeness (QED) is 0.807. The molecule has 0 fully saturated rings. The van der Waals surface area contributed by atoms with Gasteiger partial charge in [0.15, 0.2) is 0 Å². The Hall–Kier alpha value is -1.59. The van der Waals surface area contributed by atoms with Crippen molar-refractivity contribution in [2.75, 3.05) is 5.32 Å². The summed E-state index contributed by atoms with van der Waals surface area (Å²) >= 11 is 0. The minimum Gasteiger partial charge on any atom is -0.321 e. The second-order valence-corrected chi connectivity index (χ2v) is 6.27. The van der Waals surface area contributed by atoms with E-state index in [1.165, 1.54) is 12.1 Å². The van der Waals surface area contributed by atoms with Crippen molar-refractivity contribution in [2.45, 2.75) is 4.90 Å². The fourth-order valence-electron chi connectivity index (χ4n) is 2.08. The largest absolute Gasteiger partial charge is 0.321 e. The molecule has 0 aromatic heterocycles. The second-order valence-electron chi connectivity index (χ2n) is 3.73. The van der Waals surface area contributed by atoms with E-state index in [0.29, 0.717) is 22.0 Å². The number of amides is 1. The van der Waals surface area contributed by atoms with Gasteiger partial charge in [0, 0.05) is 32.7 Å². The first-order chi connectivity index (χ1) is 7.98. The Morgan fingerprint density at radius 2 is 1.88 bits per heavy atom. The highest BCUT2D eigenvalue weighted by molar-refractivity contribution is 8.14. The van der Waals surface area contributed by atoms with E-state index in [-0.39, 0.29) is 10.8 Å². The molecule has 86 valence electrons. The van der Waals surface area contributed by atoms with Gasteiger partial charge >= 0.3 is 0 Å². The second kappa shape index (κ2) is 3.21. The zero-order valence-corrected chi connectivity index (χ0v) is 9.97. The summed E-state index contributed by atoms with van der Waals surface area (Å²) in [6, 6.07) is 7.87. The summed E-state index contributed by atoms with van der Waals surface area (Å²) < 4.78 is 22.9. The zero-order valence-electron chi connectivity index (χ0n) is 8.40. The number of carbonyl (C=O) groups excluding carboxylic acids is 1. The summed E-state index contributed by atoms with van der Waals surface area (Å²) in [5.74, 6) is -0.227. The van der Waals surface area contributed by atoms with Gasteiger partial charge in [0.2, 0.25) is 0 Å². The molecule has 0 radical (unpaired) electrons. The molecule has 1 amide bonds. The van der Waals surface area contributed by atoms with Gasteiger partial charge in [-0.3, -0.25) is 4.79 Å². The minimum atomic E-state index is -3.82. The first-order valence-corrected chi connectivity index (χ1v) is 7.11. The van der Waals surface area contributed by atoms with Gasteiger partial charge in [-0.05, 0) is 18.2 Å². The molecule has 0 unspecified atom stereocenters. The number of halogens is 1. The topological polar surface area (TPSA) is 63.2 Å². The lowest BCUT2D eigenvalue weighted by atomic mass is 10.1. The number of nitrogens with one attached hydrogen (secondary N) is 1. The van der Waals surface area contributed by atoms with Gasteiger partial charge in [-0.2, -0.15) is 0 Å². The monoisotopic (exact) mass is 267 g/mol. The Labute approximate surface area is 102 Å². The van der Waals surface area contributed by atoms with Crippen LogP contribution in [0.1, 0.15) is 10.4 Å². The molecule has 2 aromatic carbocycles. The van der Waals surface area contributed by atoms with E-state index in [9.17, 15) is 13.2 Å². The first kappa shape index (κ1) is 10.6. The number of anilines is 1. The van der Waals surface area contributed by atoms with Gasteiger partial charge in [-0.15, -0.1) is 0 Å². The van der Waals surface area contributed by atoms with E-state index >= 15 is 0 Å². The fraction of sp³-hybridized carbons (Fsp3) is 0. The molecule has 1 heterocycles. The van der Waals surface area contributed by atoms with Crippen molar-refractivity contribution < 1.29 is 13.2 Å². The highest BCUT2D eigenvalue weighted by Gasteiger charge is 2.25. The molecule has 1 aliphatic heterocycles. The number of rotatable bonds is 1. The third-order valence-electron chi connectivity index (χ3n) is 2.76. The Kier molecular flexibility index (Phi) is 1.99. The van der Waals surface area contributed by atoms with E-state index in [4.69, 9.17) is 10.7 Å². The normalized spacial score (nSPS) is 14.1. The standard InChI is InChI=1S/C11H6ClNO3S/c12-17(15,16)9-5-4-7-10-6(9)2-1-3-8(10)13-11(7)14/h1-5H,(H,13,14). The maximum absolute atomic E-state index is 11.6. The van der Waals surface area contributed by atoms with Gasteiger partial charge in [0.1, 0.15) is 0 Å². The molecule has 0 saturated carbocycles. The summed E-state index contributed by atoms with van der Waals surface area (Å²) in [5, 5.41) is 3.75. The maximum atomic E-state index is 11.6. The first-order valence-electron chi connectivity index (χ1n) is 4.80. The minimum absolute atomic E-state index is 0.0243. The number of hydrogen-bond acceptors (Lipinski definition) is 3.